The van der Waals surface area contributed by atoms with E-state index in [2.05, 4.69) is 9.71 Å². The van der Waals surface area contributed by atoms with Crippen LogP contribution in [-0.2, 0) is 10.0 Å². The van der Waals surface area contributed by atoms with E-state index >= 15 is 0 Å². The molecule has 1 aliphatic heterocycles. The van der Waals surface area contributed by atoms with Crippen LogP contribution >= 0.6 is 0 Å². The maximum atomic E-state index is 13.4. The molecule has 1 saturated heterocycles. The van der Waals surface area contributed by atoms with Gasteiger partial charge in [0.25, 0.3) is 15.9 Å². The summed E-state index contributed by atoms with van der Waals surface area (Å²) in [6.07, 6.45) is 5.99. The molecule has 1 unspecified atom stereocenters. The van der Waals surface area contributed by atoms with Gasteiger partial charge in [0.05, 0.1) is 11.6 Å². The maximum absolute atomic E-state index is 13.4. The number of sulfonamides is 1. The summed E-state index contributed by atoms with van der Waals surface area (Å²) >= 11 is 0. The van der Waals surface area contributed by atoms with Crippen LogP contribution in [0, 0.1) is 5.92 Å². The van der Waals surface area contributed by atoms with E-state index in [4.69, 9.17) is 0 Å². The Hall–Kier alpha value is -3.66. The molecule has 1 atom stereocenters. The Morgan fingerprint density at radius 1 is 1.00 bits per heavy atom. The van der Waals surface area contributed by atoms with Crippen molar-refractivity contribution in [3.05, 3.63) is 66.4 Å². The summed E-state index contributed by atoms with van der Waals surface area (Å²) in [6.45, 7) is 0.929. The van der Waals surface area contributed by atoms with Gasteiger partial charge in [0.15, 0.2) is 0 Å². The number of piperazine rings is 1. The van der Waals surface area contributed by atoms with Crippen molar-refractivity contribution in [3.63, 3.8) is 0 Å². The molecular formula is C27H30N4O5S. The molecule has 1 aliphatic carbocycles. The number of pyridine rings is 1. The van der Waals surface area contributed by atoms with E-state index in [1.807, 2.05) is 0 Å². The van der Waals surface area contributed by atoms with Gasteiger partial charge in [-0.15, -0.1) is 0 Å². The van der Waals surface area contributed by atoms with Gasteiger partial charge in [-0.3, -0.25) is 14.5 Å². The van der Waals surface area contributed by atoms with Crippen LogP contribution in [0.15, 0.2) is 65.7 Å². The topological polar surface area (TPSA) is 120 Å². The first kappa shape index (κ1) is 25.0. The van der Waals surface area contributed by atoms with Crippen LogP contribution in [-0.4, -0.2) is 66.0 Å². The minimum atomic E-state index is -3.90. The highest BCUT2D eigenvalue weighted by Gasteiger charge is 2.35. The molecule has 5 rings (SSSR count). The highest BCUT2D eigenvalue weighted by atomic mass is 32.2. The van der Waals surface area contributed by atoms with Crippen molar-refractivity contribution in [2.24, 2.45) is 5.92 Å². The maximum Gasteiger partial charge on any atom is 0.407 e. The highest BCUT2D eigenvalue weighted by Crippen LogP contribution is 2.31. The molecule has 194 valence electrons. The Morgan fingerprint density at radius 3 is 2.46 bits per heavy atom. The van der Waals surface area contributed by atoms with Gasteiger partial charge in [0, 0.05) is 42.5 Å². The van der Waals surface area contributed by atoms with Gasteiger partial charge in [-0.1, -0.05) is 43.9 Å². The average Bonchev–Trinajstić information content (AvgIpc) is 3.41. The number of carboxylic acid groups (broad SMARTS) is 1. The number of benzene rings is 2. The number of para-hydroxylation sites is 1. The van der Waals surface area contributed by atoms with Crippen molar-refractivity contribution in [2.45, 2.75) is 43.0 Å². The van der Waals surface area contributed by atoms with Crippen molar-refractivity contribution in [1.29, 1.82) is 0 Å². The fourth-order valence-corrected chi connectivity index (χ4v) is 6.72. The quantitative estimate of drug-likeness (QED) is 0.495. The second-order valence-electron chi connectivity index (χ2n) is 9.78. The van der Waals surface area contributed by atoms with E-state index in [1.165, 1.54) is 23.8 Å². The van der Waals surface area contributed by atoms with Gasteiger partial charge in [0.1, 0.15) is 4.90 Å². The zero-order valence-electron chi connectivity index (χ0n) is 20.4. The minimum absolute atomic E-state index is 0.0804. The van der Waals surface area contributed by atoms with E-state index < -0.39 is 16.1 Å². The molecule has 1 saturated carbocycles. The zero-order chi connectivity index (χ0) is 26.0. The van der Waals surface area contributed by atoms with Crippen LogP contribution in [0.3, 0.4) is 0 Å². The molecule has 1 aromatic heterocycles. The molecule has 0 spiro atoms. The number of carbonyl (C=O) groups excluding carboxylic acids is 1. The van der Waals surface area contributed by atoms with Crippen LogP contribution in [0.4, 0.5) is 10.5 Å². The first-order chi connectivity index (χ1) is 17.8. The summed E-state index contributed by atoms with van der Waals surface area (Å²) in [5, 5.41) is 10.2. The Kier molecular flexibility index (Phi) is 7.01. The summed E-state index contributed by atoms with van der Waals surface area (Å²) in [4.78, 5) is 32.5. The fourth-order valence-electron chi connectivity index (χ4n) is 5.48. The lowest BCUT2D eigenvalue weighted by atomic mass is 9.95. The predicted octanol–water partition coefficient (Wildman–Crippen LogP) is 4.42. The van der Waals surface area contributed by atoms with E-state index in [0.29, 0.717) is 35.8 Å². The second kappa shape index (κ2) is 10.4. The van der Waals surface area contributed by atoms with Gasteiger partial charge in [-0.25, -0.2) is 13.2 Å². The number of fused-ring (bicyclic) bond motifs is 1. The lowest BCUT2D eigenvalue weighted by Crippen LogP contribution is -2.56. The van der Waals surface area contributed by atoms with Crippen LogP contribution in [0.5, 0.6) is 0 Å². The third kappa shape index (κ3) is 5.39. The molecule has 2 amide bonds. The third-order valence-electron chi connectivity index (χ3n) is 7.36. The Bertz CT molecular complexity index is 1400. The Morgan fingerprint density at radius 2 is 1.73 bits per heavy atom. The Balaban J connectivity index is 1.32. The summed E-state index contributed by atoms with van der Waals surface area (Å²) in [6, 6.07) is 14.7. The number of amides is 2. The van der Waals surface area contributed by atoms with E-state index in [0.717, 1.165) is 24.6 Å². The number of carbonyl (C=O) groups is 2. The van der Waals surface area contributed by atoms with Crippen molar-refractivity contribution in [1.82, 2.24) is 14.8 Å². The molecule has 2 aliphatic rings. The molecule has 2 fully saturated rings. The first-order valence-electron chi connectivity index (χ1n) is 12.6. The van der Waals surface area contributed by atoms with Crippen molar-refractivity contribution in [2.75, 3.05) is 24.4 Å². The molecule has 0 radical (unpaired) electrons. The molecule has 2 aromatic carbocycles. The number of rotatable bonds is 6. The molecule has 0 bridgehead atoms. The summed E-state index contributed by atoms with van der Waals surface area (Å²) in [5.41, 5.74) is 1.16. The average molecular weight is 523 g/mol. The predicted molar refractivity (Wildman–Crippen MR) is 140 cm³/mol. The van der Waals surface area contributed by atoms with Crippen LogP contribution in [0.25, 0.3) is 10.9 Å². The molecule has 10 heteroatoms. The smallest absolute Gasteiger partial charge is 0.407 e. The van der Waals surface area contributed by atoms with Gasteiger partial charge in [-0.05, 0) is 48.7 Å². The van der Waals surface area contributed by atoms with E-state index in [9.17, 15) is 23.1 Å². The summed E-state index contributed by atoms with van der Waals surface area (Å²) < 4.78 is 28.8. The lowest BCUT2D eigenvalue weighted by molar-refractivity contribution is 0.0400. The van der Waals surface area contributed by atoms with Gasteiger partial charge in [0.2, 0.25) is 0 Å². The fraction of sp³-hybridized carbons (Fsp3) is 0.370. The second-order valence-corrected chi connectivity index (χ2v) is 11.4. The zero-order valence-corrected chi connectivity index (χ0v) is 21.2. The van der Waals surface area contributed by atoms with Crippen molar-refractivity contribution >= 4 is 38.6 Å². The third-order valence-corrected chi connectivity index (χ3v) is 8.78. The van der Waals surface area contributed by atoms with Crippen molar-refractivity contribution < 1.29 is 23.1 Å². The number of nitrogens with one attached hydrogen (secondary N) is 1. The first-order valence-corrected chi connectivity index (χ1v) is 14.1. The van der Waals surface area contributed by atoms with E-state index in [1.54, 1.807) is 59.6 Å². The molecular weight excluding hydrogens is 492 g/mol. The van der Waals surface area contributed by atoms with Crippen LogP contribution in [0.2, 0.25) is 0 Å². The van der Waals surface area contributed by atoms with Gasteiger partial charge in [-0.2, -0.15) is 0 Å². The molecule has 2 heterocycles. The number of anilines is 1. The molecule has 3 aromatic rings. The molecule has 37 heavy (non-hydrogen) atoms. The largest absolute Gasteiger partial charge is 0.465 e. The lowest BCUT2D eigenvalue weighted by Gasteiger charge is -2.41. The number of nitrogens with zero attached hydrogens (tertiary/aromatic N) is 3. The summed E-state index contributed by atoms with van der Waals surface area (Å²) in [7, 11) is -3.90. The van der Waals surface area contributed by atoms with Crippen LogP contribution < -0.4 is 4.72 Å². The van der Waals surface area contributed by atoms with Crippen molar-refractivity contribution in [3.8, 4) is 0 Å². The van der Waals surface area contributed by atoms with Gasteiger partial charge < -0.3 is 14.9 Å². The SMILES string of the molecule is O=C(O)N1CCN(C(=O)c2ccc(NS(=O)(=O)c3cccc4cccnc34)cc2)C(CC2CCCC2)C1. The number of aromatic nitrogens is 1. The van der Waals surface area contributed by atoms with Gasteiger partial charge >= 0.3 is 6.09 Å². The normalized spacial score (nSPS) is 18.8. The number of hydrogen-bond donors (Lipinski definition) is 2. The number of hydrogen-bond acceptors (Lipinski definition) is 5. The van der Waals surface area contributed by atoms with Crippen LogP contribution in [0.1, 0.15) is 42.5 Å². The minimum Gasteiger partial charge on any atom is -0.465 e. The highest BCUT2D eigenvalue weighted by molar-refractivity contribution is 7.93. The monoisotopic (exact) mass is 522 g/mol. The summed E-state index contributed by atoms with van der Waals surface area (Å²) in [5.74, 6) is 0.343. The Labute approximate surface area is 216 Å². The standard InChI is InChI=1S/C27H30N4O5S/c32-26(31-16-15-30(27(33)34)18-23(31)17-19-5-1-2-6-19)21-10-12-22(13-11-21)29-37(35,36)24-9-3-7-20-8-4-14-28-25(20)24/h3-4,7-14,19,23,29H,1-2,5-6,15-18H2,(H,33,34). The molecule has 9 nitrogen and oxygen atoms in total. The molecule has 2 N–H and O–H groups in total. The van der Waals surface area contributed by atoms with E-state index in [-0.39, 0.29) is 23.4 Å².